The quantitative estimate of drug-likeness (QED) is 0.764. The minimum absolute atomic E-state index is 0.245. The lowest BCUT2D eigenvalue weighted by Crippen LogP contribution is -2.64. The van der Waals surface area contributed by atoms with Gasteiger partial charge in [0.05, 0.1) is 0 Å². The first-order chi connectivity index (χ1) is 6.88. The van der Waals surface area contributed by atoms with Crippen LogP contribution >= 0.6 is 0 Å². The molecule has 0 spiro atoms. The van der Waals surface area contributed by atoms with E-state index in [2.05, 4.69) is 44.5 Å². The second kappa shape index (κ2) is 4.81. The molecule has 1 heterocycles. The number of rotatable bonds is 3. The number of hydrogen-bond acceptors (Lipinski definition) is 3. The number of aliphatic hydroxyl groups excluding tert-OH is 1. The smallest absolute Gasteiger partial charge is 0.0446 e. The van der Waals surface area contributed by atoms with Crippen LogP contribution in [0.15, 0.2) is 0 Å². The van der Waals surface area contributed by atoms with Crippen LogP contribution in [0.2, 0.25) is 0 Å². The van der Waals surface area contributed by atoms with Gasteiger partial charge >= 0.3 is 0 Å². The Morgan fingerprint density at radius 3 is 2.47 bits per heavy atom. The highest BCUT2D eigenvalue weighted by Crippen LogP contribution is 2.26. The van der Waals surface area contributed by atoms with E-state index >= 15 is 0 Å². The number of nitrogens with zero attached hydrogens (tertiary/aromatic N) is 2. The van der Waals surface area contributed by atoms with Crippen LogP contribution in [0.1, 0.15) is 34.1 Å². The maximum Gasteiger partial charge on any atom is 0.0446 e. The van der Waals surface area contributed by atoms with Crippen molar-refractivity contribution in [3.63, 3.8) is 0 Å². The lowest BCUT2D eigenvalue weighted by Gasteiger charge is -2.52. The van der Waals surface area contributed by atoms with Gasteiger partial charge in [-0.1, -0.05) is 0 Å². The highest BCUT2D eigenvalue weighted by atomic mass is 16.3. The molecule has 0 aromatic heterocycles. The highest BCUT2D eigenvalue weighted by Gasteiger charge is 2.37. The topological polar surface area (TPSA) is 26.7 Å². The summed E-state index contributed by atoms with van der Waals surface area (Å²) in [6.07, 6.45) is 0.885. The van der Waals surface area contributed by atoms with Gasteiger partial charge in [-0.25, -0.2) is 0 Å². The SMILES string of the molecule is CC(C)N1CC(CCO)N(C)CC1(C)C. The molecule has 0 amide bonds. The molecule has 1 rings (SSSR count). The average molecular weight is 214 g/mol. The van der Waals surface area contributed by atoms with Gasteiger partial charge in [0.15, 0.2) is 0 Å². The molecule has 15 heavy (non-hydrogen) atoms. The summed E-state index contributed by atoms with van der Waals surface area (Å²) in [4.78, 5) is 4.93. The molecule has 0 aromatic carbocycles. The third-order valence-corrected chi connectivity index (χ3v) is 3.53. The summed E-state index contributed by atoms with van der Waals surface area (Å²) in [5.74, 6) is 0. The molecule has 0 saturated carbocycles. The van der Waals surface area contributed by atoms with Crippen molar-refractivity contribution in [1.29, 1.82) is 0 Å². The van der Waals surface area contributed by atoms with Crippen LogP contribution in [0.3, 0.4) is 0 Å². The summed E-state index contributed by atoms with van der Waals surface area (Å²) in [6.45, 7) is 11.6. The molecule has 0 bridgehead atoms. The minimum atomic E-state index is 0.245. The number of likely N-dealkylation sites (N-methyl/N-ethyl adjacent to an activating group) is 1. The zero-order chi connectivity index (χ0) is 11.6. The van der Waals surface area contributed by atoms with E-state index in [4.69, 9.17) is 5.11 Å². The molecule has 1 aliphatic rings. The van der Waals surface area contributed by atoms with E-state index in [1.54, 1.807) is 0 Å². The lowest BCUT2D eigenvalue weighted by atomic mass is 9.93. The van der Waals surface area contributed by atoms with Gasteiger partial charge in [0.25, 0.3) is 0 Å². The Balaban J connectivity index is 2.71. The van der Waals surface area contributed by atoms with Gasteiger partial charge in [-0.3, -0.25) is 4.90 Å². The molecule has 0 aromatic rings. The minimum Gasteiger partial charge on any atom is -0.396 e. The molecule has 1 saturated heterocycles. The van der Waals surface area contributed by atoms with Crippen molar-refractivity contribution in [3.05, 3.63) is 0 Å². The fourth-order valence-electron chi connectivity index (χ4n) is 2.81. The molecular formula is C12H26N2O. The molecule has 90 valence electrons. The number of piperazine rings is 1. The average Bonchev–Trinajstić information content (AvgIpc) is 2.08. The summed E-state index contributed by atoms with van der Waals surface area (Å²) in [5, 5.41) is 9.05. The van der Waals surface area contributed by atoms with Crippen molar-refractivity contribution in [2.45, 2.75) is 51.7 Å². The van der Waals surface area contributed by atoms with Gasteiger partial charge in [-0.2, -0.15) is 0 Å². The van der Waals surface area contributed by atoms with Crippen LogP contribution in [0.25, 0.3) is 0 Å². The zero-order valence-corrected chi connectivity index (χ0v) is 10.8. The molecule has 3 nitrogen and oxygen atoms in total. The van der Waals surface area contributed by atoms with E-state index < -0.39 is 0 Å². The lowest BCUT2D eigenvalue weighted by molar-refractivity contribution is -0.0299. The third-order valence-electron chi connectivity index (χ3n) is 3.53. The summed E-state index contributed by atoms with van der Waals surface area (Å²) >= 11 is 0. The van der Waals surface area contributed by atoms with E-state index in [9.17, 15) is 0 Å². The van der Waals surface area contributed by atoms with E-state index in [0.29, 0.717) is 18.7 Å². The third kappa shape index (κ3) is 2.92. The van der Waals surface area contributed by atoms with Crippen molar-refractivity contribution < 1.29 is 5.11 Å². The van der Waals surface area contributed by atoms with Crippen LogP contribution in [0.4, 0.5) is 0 Å². The summed E-state index contributed by atoms with van der Waals surface area (Å²) in [5.41, 5.74) is 0.245. The Hall–Kier alpha value is -0.120. The molecule has 1 atom stereocenters. The van der Waals surface area contributed by atoms with Crippen molar-refractivity contribution >= 4 is 0 Å². The summed E-state index contributed by atoms with van der Waals surface area (Å²) in [7, 11) is 2.17. The largest absolute Gasteiger partial charge is 0.396 e. The van der Waals surface area contributed by atoms with Gasteiger partial charge in [-0.15, -0.1) is 0 Å². The summed E-state index contributed by atoms with van der Waals surface area (Å²) in [6, 6.07) is 1.08. The van der Waals surface area contributed by atoms with Crippen LogP contribution in [0, 0.1) is 0 Å². The Labute approximate surface area is 94.1 Å². The van der Waals surface area contributed by atoms with Crippen LogP contribution < -0.4 is 0 Å². The van der Waals surface area contributed by atoms with Gasteiger partial charge < -0.3 is 10.0 Å². The second-order valence-electron chi connectivity index (χ2n) is 5.64. The Morgan fingerprint density at radius 1 is 1.40 bits per heavy atom. The van der Waals surface area contributed by atoms with Crippen LogP contribution in [-0.4, -0.2) is 59.3 Å². The van der Waals surface area contributed by atoms with E-state index in [0.717, 1.165) is 19.5 Å². The predicted octanol–water partition coefficient (Wildman–Crippen LogP) is 1.17. The van der Waals surface area contributed by atoms with E-state index in [1.807, 2.05) is 0 Å². The standard InChI is InChI=1S/C12H26N2O/c1-10(2)14-8-11(6-7-15)13(5)9-12(14,3)4/h10-11,15H,6-9H2,1-5H3. The first-order valence-electron chi connectivity index (χ1n) is 5.96. The van der Waals surface area contributed by atoms with Gasteiger partial charge in [0.1, 0.15) is 0 Å². The molecule has 0 radical (unpaired) electrons. The van der Waals surface area contributed by atoms with Gasteiger partial charge in [-0.05, 0) is 41.2 Å². The van der Waals surface area contributed by atoms with E-state index in [-0.39, 0.29) is 5.54 Å². The van der Waals surface area contributed by atoms with Crippen molar-refractivity contribution in [1.82, 2.24) is 9.80 Å². The molecule has 1 fully saturated rings. The van der Waals surface area contributed by atoms with Crippen molar-refractivity contribution in [2.24, 2.45) is 0 Å². The number of hydrogen-bond donors (Lipinski definition) is 1. The fourth-order valence-corrected chi connectivity index (χ4v) is 2.81. The molecule has 1 unspecified atom stereocenters. The number of aliphatic hydroxyl groups is 1. The first kappa shape index (κ1) is 12.9. The fraction of sp³-hybridized carbons (Fsp3) is 1.00. The summed E-state index contributed by atoms with van der Waals surface area (Å²) < 4.78 is 0. The molecular weight excluding hydrogens is 188 g/mol. The molecule has 1 N–H and O–H groups in total. The Kier molecular flexibility index (Phi) is 4.15. The van der Waals surface area contributed by atoms with Crippen LogP contribution in [0.5, 0.6) is 0 Å². The Morgan fingerprint density at radius 2 is 2.00 bits per heavy atom. The normalized spacial score (nSPS) is 28.6. The highest BCUT2D eigenvalue weighted by molar-refractivity contribution is 4.94. The van der Waals surface area contributed by atoms with Crippen molar-refractivity contribution in [2.75, 3.05) is 26.7 Å². The first-order valence-corrected chi connectivity index (χ1v) is 5.96. The molecule has 3 heteroatoms. The predicted molar refractivity (Wildman–Crippen MR) is 64.0 cm³/mol. The van der Waals surface area contributed by atoms with Gasteiger partial charge in [0, 0.05) is 37.3 Å². The monoisotopic (exact) mass is 214 g/mol. The molecule has 1 aliphatic heterocycles. The maximum atomic E-state index is 9.05. The Bertz CT molecular complexity index is 204. The van der Waals surface area contributed by atoms with E-state index in [1.165, 1.54) is 0 Å². The maximum absolute atomic E-state index is 9.05. The second-order valence-corrected chi connectivity index (χ2v) is 5.64. The van der Waals surface area contributed by atoms with Crippen molar-refractivity contribution in [3.8, 4) is 0 Å². The van der Waals surface area contributed by atoms with Gasteiger partial charge in [0.2, 0.25) is 0 Å². The van der Waals surface area contributed by atoms with Crippen LogP contribution in [-0.2, 0) is 0 Å². The molecule has 0 aliphatic carbocycles. The zero-order valence-electron chi connectivity index (χ0n) is 10.8.